The van der Waals surface area contributed by atoms with Gasteiger partial charge in [0.2, 0.25) is 0 Å². The third-order valence-electron chi connectivity index (χ3n) is 5.42. The molecule has 1 aliphatic heterocycles. The number of nitrogens with zero attached hydrogens (tertiary/aromatic N) is 6. The number of halogens is 1. The van der Waals surface area contributed by atoms with Crippen LogP contribution < -0.4 is 5.56 Å². The molecule has 1 saturated heterocycles. The fraction of sp³-hybridized carbons (Fsp3) is 0.350. The Kier molecular flexibility index (Phi) is 4.72. The molecule has 1 unspecified atom stereocenters. The van der Waals surface area contributed by atoms with Gasteiger partial charge in [0, 0.05) is 26.2 Å². The first kappa shape index (κ1) is 19.3. The van der Waals surface area contributed by atoms with Crippen molar-refractivity contribution in [2.45, 2.75) is 18.9 Å². The second kappa shape index (κ2) is 7.57. The number of benzene rings is 1. The summed E-state index contributed by atoms with van der Waals surface area (Å²) in [6.07, 6.45) is 2.22. The van der Waals surface area contributed by atoms with E-state index in [1.54, 1.807) is 0 Å². The van der Waals surface area contributed by atoms with Gasteiger partial charge in [-0.2, -0.15) is 10.2 Å². The summed E-state index contributed by atoms with van der Waals surface area (Å²) in [5.41, 5.74) is 0.351. The van der Waals surface area contributed by atoms with Crippen molar-refractivity contribution in [2.24, 2.45) is 0 Å². The van der Waals surface area contributed by atoms with Gasteiger partial charge in [0.15, 0.2) is 11.5 Å². The molecule has 0 radical (unpaired) electrons. The van der Waals surface area contributed by atoms with E-state index in [0.717, 1.165) is 6.42 Å². The van der Waals surface area contributed by atoms with Crippen LogP contribution in [0.2, 0.25) is 0 Å². The minimum absolute atomic E-state index is 0.0340. The number of aromatic nitrogens is 5. The molecular weight excluding hydrogens is 407 g/mol. The summed E-state index contributed by atoms with van der Waals surface area (Å²) in [6, 6.07) is 4.55. The Morgan fingerprint density at radius 3 is 3.00 bits per heavy atom. The fourth-order valence-corrected chi connectivity index (χ4v) is 3.88. The summed E-state index contributed by atoms with van der Waals surface area (Å²) < 4.78 is 33.1. The van der Waals surface area contributed by atoms with Crippen LogP contribution in [0, 0.1) is 17.1 Å². The molecule has 1 atom stereocenters. The van der Waals surface area contributed by atoms with Crippen molar-refractivity contribution in [1.29, 1.82) is 5.26 Å². The van der Waals surface area contributed by atoms with Gasteiger partial charge in [-0.25, -0.2) is 9.37 Å². The lowest BCUT2D eigenvalue weighted by molar-refractivity contribution is 0.187. The van der Waals surface area contributed by atoms with Gasteiger partial charge in [-0.3, -0.25) is 9.20 Å². The van der Waals surface area contributed by atoms with E-state index >= 15 is 0 Å². The number of rotatable bonds is 5. The van der Waals surface area contributed by atoms with E-state index in [9.17, 15) is 14.4 Å². The van der Waals surface area contributed by atoms with E-state index < -0.39 is 11.4 Å². The summed E-state index contributed by atoms with van der Waals surface area (Å²) in [4.78, 5) is 22.2. The minimum Gasteiger partial charge on any atom is -0.383 e. The van der Waals surface area contributed by atoms with Crippen molar-refractivity contribution in [3.05, 3.63) is 46.0 Å². The standard InChI is InChI=1S/C20H17FN6O4/c1-29-7-5-26-16-12(8-22)13(21)2-3-14(16)27-10-23-15(17(27)20(26)28)19-24-18(25-31-19)11-4-6-30-9-11/h2-3,10-11H,4-7,9H2,1H3. The Bertz CT molecular complexity index is 1390. The molecule has 0 N–H and O–H groups in total. The van der Waals surface area contributed by atoms with Gasteiger partial charge in [0.1, 0.15) is 29.3 Å². The largest absolute Gasteiger partial charge is 0.383 e. The molecule has 31 heavy (non-hydrogen) atoms. The van der Waals surface area contributed by atoms with E-state index in [0.29, 0.717) is 24.6 Å². The first-order chi connectivity index (χ1) is 15.1. The minimum atomic E-state index is -0.708. The lowest BCUT2D eigenvalue weighted by Gasteiger charge is -2.13. The first-order valence-corrected chi connectivity index (χ1v) is 9.67. The SMILES string of the molecule is COCCn1c(=O)c2c(-c3nc(C4CCOC4)no3)ncn2c2ccc(F)c(C#N)c21. The van der Waals surface area contributed by atoms with Gasteiger partial charge in [-0.05, 0) is 18.6 Å². The third-order valence-corrected chi connectivity index (χ3v) is 5.42. The number of imidazole rings is 1. The van der Waals surface area contributed by atoms with Gasteiger partial charge in [-0.15, -0.1) is 0 Å². The Labute approximate surface area is 174 Å². The maximum Gasteiger partial charge on any atom is 0.278 e. The van der Waals surface area contributed by atoms with Crippen LogP contribution in [0.4, 0.5) is 4.39 Å². The van der Waals surface area contributed by atoms with Crippen molar-refractivity contribution in [1.82, 2.24) is 24.1 Å². The van der Waals surface area contributed by atoms with E-state index in [2.05, 4.69) is 15.1 Å². The predicted octanol–water partition coefficient (Wildman–Crippen LogP) is 1.86. The van der Waals surface area contributed by atoms with Gasteiger partial charge in [0.05, 0.1) is 24.2 Å². The summed E-state index contributed by atoms with van der Waals surface area (Å²) in [6.45, 7) is 1.47. The molecule has 1 aromatic carbocycles. The molecule has 0 spiro atoms. The van der Waals surface area contributed by atoms with Crippen molar-refractivity contribution >= 4 is 16.6 Å². The maximum absolute atomic E-state index is 14.3. The summed E-state index contributed by atoms with van der Waals surface area (Å²) in [7, 11) is 1.49. The highest BCUT2D eigenvalue weighted by Crippen LogP contribution is 2.28. The van der Waals surface area contributed by atoms with Crippen molar-refractivity contribution in [2.75, 3.05) is 26.9 Å². The van der Waals surface area contributed by atoms with E-state index in [1.165, 1.54) is 34.5 Å². The summed E-state index contributed by atoms with van der Waals surface area (Å²) in [5.74, 6) is -0.0583. The number of ether oxygens (including phenoxy) is 2. The van der Waals surface area contributed by atoms with Crippen LogP contribution in [0.5, 0.6) is 0 Å². The second-order valence-corrected chi connectivity index (χ2v) is 7.18. The normalized spacial score (nSPS) is 16.4. The molecule has 3 aromatic heterocycles. The van der Waals surface area contributed by atoms with Gasteiger partial charge < -0.3 is 18.6 Å². The second-order valence-electron chi connectivity index (χ2n) is 7.18. The average Bonchev–Trinajstić information content (AvgIpc) is 3.53. The van der Waals surface area contributed by atoms with Crippen LogP contribution >= 0.6 is 0 Å². The zero-order valence-electron chi connectivity index (χ0n) is 16.5. The number of methoxy groups -OCH3 is 1. The predicted molar refractivity (Wildman–Crippen MR) is 105 cm³/mol. The Hall–Kier alpha value is -3.62. The quantitative estimate of drug-likeness (QED) is 0.476. The number of hydrogen-bond donors (Lipinski definition) is 0. The number of hydrogen-bond acceptors (Lipinski definition) is 8. The van der Waals surface area contributed by atoms with Gasteiger partial charge in [0.25, 0.3) is 11.4 Å². The van der Waals surface area contributed by atoms with Gasteiger partial charge >= 0.3 is 0 Å². The van der Waals surface area contributed by atoms with Crippen LogP contribution in [-0.2, 0) is 16.0 Å². The van der Waals surface area contributed by atoms with Crippen LogP contribution in [0.1, 0.15) is 23.7 Å². The lowest BCUT2D eigenvalue weighted by atomic mass is 10.1. The van der Waals surface area contributed by atoms with Gasteiger partial charge in [-0.1, -0.05) is 5.16 Å². The zero-order valence-corrected chi connectivity index (χ0v) is 16.5. The van der Waals surface area contributed by atoms with Crippen LogP contribution in [-0.4, -0.2) is 51.0 Å². The van der Waals surface area contributed by atoms with E-state index in [-0.39, 0.29) is 47.3 Å². The van der Waals surface area contributed by atoms with Crippen molar-refractivity contribution in [3.63, 3.8) is 0 Å². The Balaban J connectivity index is 1.77. The van der Waals surface area contributed by atoms with Crippen LogP contribution in [0.25, 0.3) is 28.1 Å². The molecule has 5 rings (SSSR count). The molecule has 4 heterocycles. The summed E-state index contributed by atoms with van der Waals surface area (Å²) >= 11 is 0. The molecule has 1 aliphatic rings. The Morgan fingerprint density at radius 2 is 2.26 bits per heavy atom. The molecule has 11 heteroatoms. The molecular formula is C20H17FN6O4. The monoisotopic (exact) mass is 424 g/mol. The lowest BCUT2D eigenvalue weighted by Crippen LogP contribution is -2.25. The highest BCUT2D eigenvalue weighted by Gasteiger charge is 2.27. The maximum atomic E-state index is 14.3. The Morgan fingerprint density at radius 1 is 1.39 bits per heavy atom. The highest BCUT2D eigenvalue weighted by molar-refractivity contribution is 5.87. The molecule has 0 bridgehead atoms. The molecule has 0 amide bonds. The fourth-order valence-electron chi connectivity index (χ4n) is 3.88. The van der Waals surface area contributed by atoms with Crippen LogP contribution in [0.15, 0.2) is 27.8 Å². The van der Waals surface area contributed by atoms with Crippen molar-refractivity contribution in [3.8, 4) is 17.7 Å². The average molecular weight is 424 g/mol. The highest BCUT2D eigenvalue weighted by atomic mass is 19.1. The number of fused-ring (bicyclic) bond motifs is 3. The molecule has 0 aliphatic carbocycles. The van der Waals surface area contributed by atoms with Crippen LogP contribution in [0.3, 0.4) is 0 Å². The number of nitriles is 1. The zero-order chi connectivity index (χ0) is 21.5. The summed E-state index contributed by atoms with van der Waals surface area (Å²) in [5, 5.41) is 13.5. The molecule has 10 nitrogen and oxygen atoms in total. The molecule has 4 aromatic rings. The molecule has 158 valence electrons. The van der Waals surface area contributed by atoms with Crippen molar-refractivity contribution < 1.29 is 18.4 Å². The van der Waals surface area contributed by atoms with E-state index in [4.69, 9.17) is 14.0 Å². The smallest absolute Gasteiger partial charge is 0.278 e. The third kappa shape index (κ3) is 2.99. The van der Waals surface area contributed by atoms with E-state index in [1.807, 2.05) is 6.07 Å². The topological polar surface area (TPSA) is 120 Å². The first-order valence-electron chi connectivity index (χ1n) is 9.67. The molecule has 0 saturated carbocycles. The molecule has 1 fully saturated rings.